The van der Waals surface area contributed by atoms with Crippen molar-refractivity contribution in [2.75, 3.05) is 6.54 Å². The first-order chi connectivity index (χ1) is 9.15. The van der Waals surface area contributed by atoms with Crippen LogP contribution < -0.4 is 5.32 Å². The topological polar surface area (TPSA) is 50.1 Å². The molecule has 0 aliphatic heterocycles. The van der Waals surface area contributed by atoms with Crippen molar-refractivity contribution < 1.29 is 9.50 Å². The normalized spacial score (nSPS) is 14.3. The highest BCUT2D eigenvalue weighted by molar-refractivity contribution is 5.18. The van der Waals surface area contributed by atoms with Crippen molar-refractivity contribution in [1.29, 1.82) is 0 Å². The highest BCUT2D eigenvalue weighted by atomic mass is 19.1. The summed E-state index contributed by atoms with van der Waals surface area (Å²) in [5, 5.41) is 17.3. The number of aliphatic hydroxyl groups excluding tert-OH is 1. The quantitative estimate of drug-likeness (QED) is 0.834. The number of benzene rings is 1. The predicted molar refractivity (Wildman–Crippen MR) is 71.1 cm³/mol. The second-order valence-electron chi connectivity index (χ2n) is 4.60. The molecule has 0 amide bonds. The van der Waals surface area contributed by atoms with Gasteiger partial charge in [0.15, 0.2) is 0 Å². The minimum Gasteiger partial charge on any atom is -0.387 e. The van der Waals surface area contributed by atoms with Gasteiger partial charge < -0.3 is 10.4 Å². The molecule has 0 aliphatic carbocycles. The summed E-state index contributed by atoms with van der Waals surface area (Å²) in [5.74, 6) is -0.295. The van der Waals surface area contributed by atoms with E-state index in [4.69, 9.17) is 0 Å². The van der Waals surface area contributed by atoms with Crippen molar-refractivity contribution in [2.45, 2.75) is 25.6 Å². The number of aromatic nitrogens is 2. The van der Waals surface area contributed by atoms with Gasteiger partial charge in [0.05, 0.1) is 12.6 Å². The Morgan fingerprint density at radius 2 is 2.11 bits per heavy atom. The first-order valence-corrected chi connectivity index (χ1v) is 6.29. The maximum Gasteiger partial charge on any atom is 0.123 e. The summed E-state index contributed by atoms with van der Waals surface area (Å²) in [6, 6.07) is 7.96. The van der Waals surface area contributed by atoms with Gasteiger partial charge in [-0.2, -0.15) is 5.10 Å². The molecule has 4 nitrogen and oxygen atoms in total. The molecule has 0 radical (unpaired) electrons. The SMILES string of the molecule is CC(Cn1cccn1)NCC(O)c1ccc(F)cc1. The average molecular weight is 263 g/mol. The van der Waals surface area contributed by atoms with E-state index in [1.165, 1.54) is 12.1 Å². The molecule has 2 rings (SSSR count). The zero-order chi connectivity index (χ0) is 13.7. The number of rotatable bonds is 6. The predicted octanol–water partition coefficient (Wildman–Crippen LogP) is 1.73. The number of nitrogens with one attached hydrogen (secondary N) is 1. The molecule has 0 saturated carbocycles. The maximum absolute atomic E-state index is 12.8. The lowest BCUT2D eigenvalue weighted by Crippen LogP contribution is -2.33. The molecule has 0 aliphatic rings. The fourth-order valence-corrected chi connectivity index (χ4v) is 1.87. The van der Waals surface area contributed by atoms with E-state index in [9.17, 15) is 9.50 Å². The van der Waals surface area contributed by atoms with Crippen molar-refractivity contribution in [3.63, 3.8) is 0 Å². The highest BCUT2D eigenvalue weighted by Crippen LogP contribution is 2.12. The Bertz CT molecular complexity index is 484. The van der Waals surface area contributed by atoms with Crippen molar-refractivity contribution in [3.05, 3.63) is 54.1 Å². The lowest BCUT2D eigenvalue weighted by molar-refractivity contribution is 0.169. The van der Waals surface area contributed by atoms with Crippen LogP contribution in [0.15, 0.2) is 42.7 Å². The van der Waals surface area contributed by atoms with E-state index >= 15 is 0 Å². The summed E-state index contributed by atoms with van der Waals surface area (Å²) in [6.45, 7) is 3.19. The molecule has 1 aromatic heterocycles. The van der Waals surface area contributed by atoms with Crippen LogP contribution in [-0.4, -0.2) is 27.5 Å². The second kappa shape index (κ2) is 6.45. The summed E-state index contributed by atoms with van der Waals surface area (Å²) in [5.41, 5.74) is 0.709. The van der Waals surface area contributed by atoms with Crippen LogP contribution in [0.1, 0.15) is 18.6 Å². The average Bonchev–Trinajstić information content (AvgIpc) is 2.89. The standard InChI is InChI=1S/C14H18FN3O/c1-11(10-18-8-2-7-17-18)16-9-14(19)12-3-5-13(15)6-4-12/h2-8,11,14,16,19H,9-10H2,1H3. The summed E-state index contributed by atoms with van der Waals surface area (Å²) >= 11 is 0. The van der Waals surface area contributed by atoms with E-state index < -0.39 is 6.10 Å². The van der Waals surface area contributed by atoms with Gasteiger partial charge in [-0.1, -0.05) is 12.1 Å². The van der Waals surface area contributed by atoms with Crippen LogP contribution in [-0.2, 0) is 6.54 Å². The van der Waals surface area contributed by atoms with Crippen LogP contribution in [0.25, 0.3) is 0 Å². The van der Waals surface area contributed by atoms with E-state index in [0.29, 0.717) is 12.1 Å². The van der Waals surface area contributed by atoms with Gasteiger partial charge >= 0.3 is 0 Å². The molecule has 102 valence electrons. The molecule has 1 heterocycles. The van der Waals surface area contributed by atoms with E-state index in [1.54, 1.807) is 18.3 Å². The minimum absolute atomic E-state index is 0.190. The van der Waals surface area contributed by atoms with E-state index in [2.05, 4.69) is 10.4 Å². The van der Waals surface area contributed by atoms with Gasteiger partial charge in [0.25, 0.3) is 0 Å². The monoisotopic (exact) mass is 263 g/mol. The van der Waals surface area contributed by atoms with Gasteiger partial charge in [-0.05, 0) is 30.7 Å². The third kappa shape index (κ3) is 4.15. The van der Waals surface area contributed by atoms with Crippen LogP contribution in [0.4, 0.5) is 4.39 Å². The third-order valence-corrected chi connectivity index (χ3v) is 2.93. The maximum atomic E-state index is 12.8. The Morgan fingerprint density at radius 3 is 2.74 bits per heavy atom. The molecule has 2 aromatic rings. The molecule has 0 spiro atoms. The number of hydrogen-bond donors (Lipinski definition) is 2. The lowest BCUT2D eigenvalue weighted by atomic mass is 10.1. The molecule has 19 heavy (non-hydrogen) atoms. The van der Waals surface area contributed by atoms with Crippen LogP contribution in [0.2, 0.25) is 0 Å². The molecule has 5 heteroatoms. The summed E-state index contributed by atoms with van der Waals surface area (Å²) in [4.78, 5) is 0. The summed E-state index contributed by atoms with van der Waals surface area (Å²) in [6.07, 6.45) is 3.00. The lowest BCUT2D eigenvalue weighted by Gasteiger charge is -2.17. The zero-order valence-corrected chi connectivity index (χ0v) is 10.8. The Hall–Kier alpha value is -1.72. The largest absolute Gasteiger partial charge is 0.387 e. The Kier molecular flexibility index (Phi) is 4.65. The fourth-order valence-electron chi connectivity index (χ4n) is 1.87. The molecule has 0 saturated heterocycles. The van der Waals surface area contributed by atoms with Crippen molar-refractivity contribution >= 4 is 0 Å². The molecule has 2 N–H and O–H groups in total. The molecule has 2 atom stereocenters. The van der Waals surface area contributed by atoms with Gasteiger partial charge in [-0.3, -0.25) is 4.68 Å². The molecule has 0 bridgehead atoms. The molecule has 2 unspecified atom stereocenters. The number of hydrogen-bond acceptors (Lipinski definition) is 3. The molecular weight excluding hydrogens is 245 g/mol. The van der Waals surface area contributed by atoms with Crippen molar-refractivity contribution in [2.24, 2.45) is 0 Å². The molecule has 1 aromatic carbocycles. The van der Waals surface area contributed by atoms with Crippen LogP contribution in [0.3, 0.4) is 0 Å². The summed E-state index contributed by atoms with van der Waals surface area (Å²) in [7, 11) is 0. The Balaban J connectivity index is 1.79. The van der Waals surface area contributed by atoms with Gasteiger partial charge in [-0.25, -0.2) is 4.39 Å². The fraction of sp³-hybridized carbons (Fsp3) is 0.357. The Morgan fingerprint density at radius 1 is 1.37 bits per heavy atom. The first kappa shape index (κ1) is 13.7. The van der Waals surface area contributed by atoms with Crippen LogP contribution in [0, 0.1) is 5.82 Å². The number of nitrogens with zero attached hydrogens (tertiary/aromatic N) is 2. The minimum atomic E-state index is -0.638. The molecular formula is C14H18FN3O. The number of halogens is 1. The van der Waals surface area contributed by atoms with Gasteiger partial charge in [0, 0.05) is 25.0 Å². The van der Waals surface area contributed by atoms with E-state index in [0.717, 1.165) is 6.54 Å². The van der Waals surface area contributed by atoms with Crippen LogP contribution >= 0.6 is 0 Å². The third-order valence-electron chi connectivity index (χ3n) is 2.93. The first-order valence-electron chi connectivity index (χ1n) is 6.29. The van der Waals surface area contributed by atoms with Gasteiger partial charge in [-0.15, -0.1) is 0 Å². The smallest absolute Gasteiger partial charge is 0.123 e. The van der Waals surface area contributed by atoms with E-state index in [1.807, 2.05) is 23.9 Å². The Labute approximate surface area is 111 Å². The highest BCUT2D eigenvalue weighted by Gasteiger charge is 2.09. The zero-order valence-electron chi connectivity index (χ0n) is 10.8. The van der Waals surface area contributed by atoms with E-state index in [-0.39, 0.29) is 11.9 Å². The number of aliphatic hydroxyl groups is 1. The van der Waals surface area contributed by atoms with Crippen molar-refractivity contribution in [3.8, 4) is 0 Å². The van der Waals surface area contributed by atoms with Crippen LogP contribution in [0.5, 0.6) is 0 Å². The molecule has 0 fully saturated rings. The van der Waals surface area contributed by atoms with Crippen molar-refractivity contribution in [1.82, 2.24) is 15.1 Å². The second-order valence-corrected chi connectivity index (χ2v) is 4.60. The van der Waals surface area contributed by atoms with Gasteiger partial charge in [0.2, 0.25) is 0 Å². The summed E-state index contributed by atoms with van der Waals surface area (Å²) < 4.78 is 14.6. The van der Waals surface area contributed by atoms with Gasteiger partial charge in [0.1, 0.15) is 5.82 Å².